The summed E-state index contributed by atoms with van der Waals surface area (Å²) in [5, 5.41) is 9.16. The van der Waals surface area contributed by atoms with Crippen molar-refractivity contribution in [3.05, 3.63) is 30.1 Å². The van der Waals surface area contributed by atoms with Gasteiger partial charge < -0.3 is 5.11 Å². The number of rotatable bonds is 1. The van der Waals surface area contributed by atoms with Gasteiger partial charge in [-0.3, -0.25) is 4.98 Å². The second-order valence-corrected chi connectivity index (χ2v) is 2.09. The zero-order valence-electron chi connectivity index (χ0n) is 5.83. The van der Waals surface area contributed by atoms with Gasteiger partial charge in [-0.2, -0.15) is 0 Å². The molecular weight excluding hydrogens is 126 g/mol. The highest BCUT2D eigenvalue weighted by molar-refractivity contribution is 5.57. The van der Waals surface area contributed by atoms with Crippen LogP contribution < -0.4 is 0 Å². The average molecular weight is 135 g/mol. The molecule has 0 spiro atoms. The number of aromatic hydroxyl groups is 1. The summed E-state index contributed by atoms with van der Waals surface area (Å²) >= 11 is 0. The summed E-state index contributed by atoms with van der Waals surface area (Å²) in [4.78, 5) is 3.79. The maximum atomic E-state index is 9.16. The molecule has 0 atom stereocenters. The molecule has 1 N–H and O–H groups in total. The van der Waals surface area contributed by atoms with Gasteiger partial charge in [0.15, 0.2) is 0 Å². The Morgan fingerprint density at radius 2 is 2.30 bits per heavy atom. The highest BCUT2D eigenvalue weighted by atomic mass is 16.3. The molecule has 52 valence electrons. The fourth-order valence-corrected chi connectivity index (χ4v) is 0.826. The minimum absolute atomic E-state index is 0.190. The zero-order valence-corrected chi connectivity index (χ0v) is 5.83. The number of hydrogen-bond donors (Lipinski definition) is 1. The van der Waals surface area contributed by atoms with Crippen molar-refractivity contribution in [2.45, 2.75) is 6.92 Å². The fraction of sp³-hybridized carbons (Fsp3) is 0.125. The van der Waals surface area contributed by atoms with Gasteiger partial charge in [-0.25, -0.2) is 0 Å². The van der Waals surface area contributed by atoms with Crippen LogP contribution in [0.1, 0.15) is 11.1 Å². The van der Waals surface area contributed by atoms with E-state index >= 15 is 0 Å². The third-order valence-corrected chi connectivity index (χ3v) is 1.37. The molecule has 0 amide bonds. The lowest BCUT2D eigenvalue weighted by molar-refractivity contribution is 0.471. The Balaban J connectivity index is 3.30. The van der Waals surface area contributed by atoms with Gasteiger partial charge in [-0.05, 0) is 12.5 Å². The Labute approximate surface area is 59.9 Å². The molecule has 10 heavy (non-hydrogen) atoms. The quantitative estimate of drug-likeness (QED) is 0.636. The molecule has 0 aromatic carbocycles. The molecule has 1 rings (SSSR count). The minimum Gasteiger partial charge on any atom is -0.506 e. The van der Waals surface area contributed by atoms with Gasteiger partial charge >= 0.3 is 0 Å². The molecule has 0 radical (unpaired) electrons. The first-order valence-electron chi connectivity index (χ1n) is 3.01. The van der Waals surface area contributed by atoms with E-state index in [1.807, 2.05) is 6.92 Å². The summed E-state index contributed by atoms with van der Waals surface area (Å²) < 4.78 is 0. The van der Waals surface area contributed by atoms with Crippen LogP contribution in [-0.2, 0) is 0 Å². The van der Waals surface area contributed by atoms with E-state index in [1.165, 1.54) is 6.20 Å². The number of pyridine rings is 1. The van der Waals surface area contributed by atoms with E-state index in [2.05, 4.69) is 11.6 Å². The van der Waals surface area contributed by atoms with Crippen LogP contribution >= 0.6 is 0 Å². The monoisotopic (exact) mass is 135 g/mol. The molecule has 1 aromatic heterocycles. The second-order valence-electron chi connectivity index (χ2n) is 2.09. The Kier molecular flexibility index (Phi) is 1.71. The molecule has 0 bridgehead atoms. The van der Waals surface area contributed by atoms with Gasteiger partial charge in [-0.15, -0.1) is 0 Å². The first kappa shape index (κ1) is 6.81. The van der Waals surface area contributed by atoms with Crippen molar-refractivity contribution in [3.63, 3.8) is 0 Å². The molecule has 2 heteroatoms. The Hall–Kier alpha value is -1.31. The molecular formula is C8H9NO. The molecule has 0 saturated heterocycles. The van der Waals surface area contributed by atoms with Gasteiger partial charge in [0.05, 0.1) is 6.20 Å². The van der Waals surface area contributed by atoms with E-state index in [4.69, 9.17) is 5.11 Å². The summed E-state index contributed by atoms with van der Waals surface area (Å²) in [6.45, 7) is 5.44. The molecule has 1 heterocycles. The van der Waals surface area contributed by atoms with Crippen LogP contribution in [0.5, 0.6) is 5.75 Å². The number of aromatic nitrogens is 1. The summed E-state index contributed by atoms with van der Waals surface area (Å²) in [6.07, 6.45) is 4.72. The predicted molar refractivity (Wildman–Crippen MR) is 40.7 cm³/mol. The molecule has 1 aromatic rings. The molecule has 2 nitrogen and oxygen atoms in total. The highest BCUT2D eigenvalue weighted by Gasteiger charge is 1.98. The molecule has 0 unspecified atom stereocenters. The van der Waals surface area contributed by atoms with E-state index in [0.29, 0.717) is 0 Å². The summed E-state index contributed by atoms with van der Waals surface area (Å²) in [7, 11) is 0. The first-order valence-corrected chi connectivity index (χ1v) is 3.01. The fourth-order valence-electron chi connectivity index (χ4n) is 0.826. The van der Waals surface area contributed by atoms with E-state index in [-0.39, 0.29) is 5.75 Å². The van der Waals surface area contributed by atoms with E-state index in [0.717, 1.165) is 11.1 Å². The lowest BCUT2D eigenvalue weighted by atomic mass is 10.1. The Morgan fingerprint density at radius 1 is 1.60 bits per heavy atom. The summed E-state index contributed by atoms with van der Waals surface area (Å²) in [5.74, 6) is 0.190. The van der Waals surface area contributed by atoms with Crippen LogP contribution in [0.2, 0.25) is 0 Å². The standard InChI is InChI=1S/C8H9NO/c1-3-7-6(2)4-9-5-8(7)10/h3-5,10H,1H2,2H3. The maximum Gasteiger partial charge on any atom is 0.141 e. The normalized spacial score (nSPS) is 9.30. The lowest BCUT2D eigenvalue weighted by Gasteiger charge is -1.99. The highest BCUT2D eigenvalue weighted by Crippen LogP contribution is 2.18. The summed E-state index contributed by atoms with van der Waals surface area (Å²) in [5.41, 5.74) is 1.70. The topological polar surface area (TPSA) is 33.1 Å². The van der Waals surface area contributed by atoms with Crippen molar-refractivity contribution >= 4 is 6.08 Å². The Bertz CT molecular complexity index is 235. The predicted octanol–water partition coefficient (Wildman–Crippen LogP) is 1.74. The number of aryl methyl sites for hydroxylation is 1. The van der Waals surface area contributed by atoms with E-state index in [9.17, 15) is 0 Å². The first-order chi connectivity index (χ1) is 4.75. The van der Waals surface area contributed by atoms with Crippen LogP contribution in [-0.4, -0.2) is 10.1 Å². The van der Waals surface area contributed by atoms with Crippen molar-refractivity contribution in [3.8, 4) is 5.75 Å². The van der Waals surface area contributed by atoms with Gasteiger partial charge in [0, 0.05) is 11.8 Å². The number of hydrogen-bond acceptors (Lipinski definition) is 2. The van der Waals surface area contributed by atoms with Crippen molar-refractivity contribution in [1.82, 2.24) is 4.98 Å². The van der Waals surface area contributed by atoms with Crippen LogP contribution in [0, 0.1) is 6.92 Å². The zero-order chi connectivity index (χ0) is 7.56. The van der Waals surface area contributed by atoms with Crippen molar-refractivity contribution in [1.29, 1.82) is 0 Å². The third-order valence-electron chi connectivity index (χ3n) is 1.37. The average Bonchev–Trinajstić information content (AvgIpc) is 1.88. The van der Waals surface area contributed by atoms with Crippen molar-refractivity contribution in [2.75, 3.05) is 0 Å². The molecule has 0 fully saturated rings. The third kappa shape index (κ3) is 1.00. The summed E-state index contributed by atoms with van der Waals surface area (Å²) in [6, 6.07) is 0. The van der Waals surface area contributed by atoms with Crippen LogP contribution in [0.3, 0.4) is 0 Å². The molecule has 0 saturated carbocycles. The van der Waals surface area contributed by atoms with Crippen LogP contribution in [0.15, 0.2) is 19.0 Å². The molecule has 0 aliphatic carbocycles. The molecule has 0 aliphatic rings. The largest absolute Gasteiger partial charge is 0.506 e. The van der Waals surface area contributed by atoms with E-state index < -0.39 is 0 Å². The van der Waals surface area contributed by atoms with Crippen molar-refractivity contribution in [2.24, 2.45) is 0 Å². The van der Waals surface area contributed by atoms with E-state index in [1.54, 1.807) is 12.3 Å². The number of nitrogens with zero attached hydrogens (tertiary/aromatic N) is 1. The van der Waals surface area contributed by atoms with Gasteiger partial charge in [-0.1, -0.05) is 12.7 Å². The van der Waals surface area contributed by atoms with Crippen LogP contribution in [0.4, 0.5) is 0 Å². The van der Waals surface area contributed by atoms with Crippen LogP contribution in [0.25, 0.3) is 6.08 Å². The maximum absolute atomic E-state index is 9.16. The minimum atomic E-state index is 0.190. The lowest BCUT2D eigenvalue weighted by Crippen LogP contribution is -1.82. The smallest absolute Gasteiger partial charge is 0.141 e. The van der Waals surface area contributed by atoms with Crippen molar-refractivity contribution < 1.29 is 5.11 Å². The van der Waals surface area contributed by atoms with Gasteiger partial charge in [0.25, 0.3) is 0 Å². The SMILES string of the molecule is C=Cc1c(C)cncc1O. The Morgan fingerprint density at radius 3 is 2.70 bits per heavy atom. The van der Waals surface area contributed by atoms with Gasteiger partial charge in [0.1, 0.15) is 5.75 Å². The second kappa shape index (κ2) is 2.52. The molecule has 0 aliphatic heterocycles. The van der Waals surface area contributed by atoms with Gasteiger partial charge in [0.2, 0.25) is 0 Å².